The van der Waals surface area contributed by atoms with E-state index in [2.05, 4.69) is 38.0 Å². The van der Waals surface area contributed by atoms with Crippen molar-refractivity contribution in [1.82, 2.24) is 24.0 Å². The standard InChI is InChI=1S/C32H33N7O2/c1-37-17-14-25(15-18-37)39-20-27(28-29(33)34-21-35-30(28)39)23-9-11-24(12-10-23)36-31(40)26-8-5-16-38(32(26)41)19-13-22-6-3-2-4-7-22/h2-12,16,20-21,25H,13-15,17-19H2,1H3,(H,36,40)(H2,33,34,35). The third-order valence-electron chi connectivity index (χ3n) is 7.92. The predicted octanol–water partition coefficient (Wildman–Crippen LogP) is 4.60. The number of hydrogen-bond donors (Lipinski definition) is 2. The van der Waals surface area contributed by atoms with Crippen molar-refractivity contribution in [2.24, 2.45) is 0 Å². The second-order valence-electron chi connectivity index (χ2n) is 10.6. The average molecular weight is 548 g/mol. The van der Waals surface area contributed by atoms with E-state index in [1.54, 1.807) is 22.9 Å². The molecule has 2 aromatic carbocycles. The highest BCUT2D eigenvalue weighted by atomic mass is 16.2. The Morgan fingerprint density at radius 2 is 1.76 bits per heavy atom. The Morgan fingerprint density at radius 1 is 1.00 bits per heavy atom. The minimum absolute atomic E-state index is 0.107. The molecule has 1 aliphatic rings. The molecule has 9 nitrogen and oxygen atoms in total. The molecule has 0 unspecified atom stereocenters. The fraction of sp³-hybridized carbons (Fsp3) is 0.250. The number of anilines is 2. The van der Waals surface area contributed by atoms with Gasteiger partial charge >= 0.3 is 0 Å². The van der Waals surface area contributed by atoms with Crippen LogP contribution in [0.4, 0.5) is 11.5 Å². The van der Waals surface area contributed by atoms with Crippen LogP contribution in [0.1, 0.15) is 34.8 Å². The van der Waals surface area contributed by atoms with Crippen LogP contribution in [0, 0.1) is 0 Å². The molecule has 6 rings (SSSR count). The largest absolute Gasteiger partial charge is 0.383 e. The summed E-state index contributed by atoms with van der Waals surface area (Å²) in [6.07, 6.45) is 8.15. The van der Waals surface area contributed by atoms with Gasteiger partial charge in [-0.2, -0.15) is 0 Å². The molecular formula is C32H33N7O2. The van der Waals surface area contributed by atoms with Crippen LogP contribution in [0.15, 0.2) is 90.2 Å². The van der Waals surface area contributed by atoms with Gasteiger partial charge in [-0.15, -0.1) is 0 Å². The molecule has 4 heterocycles. The van der Waals surface area contributed by atoms with Crippen molar-refractivity contribution in [2.75, 3.05) is 31.2 Å². The molecule has 5 aromatic rings. The summed E-state index contributed by atoms with van der Waals surface area (Å²) in [6, 6.07) is 21.2. The summed E-state index contributed by atoms with van der Waals surface area (Å²) in [5.41, 5.74) is 10.6. The highest BCUT2D eigenvalue weighted by molar-refractivity contribution is 6.04. The van der Waals surface area contributed by atoms with Gasteiger partial charge in [-0.3, -0.25) is 9.59 Å². The molecule has 208 valence electrons. The van der Waals surface area contributed by atoms with E-state index in [1.807, 2.05) is 54.6 Å². The van der Waals surface area contributed by atoms with Crippen molar-refractivity contribution >= 4 is 28.4 Å². The van der Waals surface area contributed by atoms with Crippen molar-refractivity contribution in [3.05, 3.63) is 107 Å². The molecule has 9 heteroatoms. The number of amides is 1. The number of nitrogens with two attached hydrogens (primary N) is 1. The Balaban J connectivity index is 1.21. The molecule has 1 fully saturated rings. The Labute approximate surface area is 238 Å². The minimum Gasteiger partial charge on any atom is -0.383 e. The van der Waals surface area contributed by atoms with E-state index < -0.39 is 5.91 Å². The fourth-order valence-electron chi connectivity index (χ4n) is 5.59. The second kappa shape index (κ2) is 11.4. The molecule has 0 aliphatic carbocycles. The summed E-state index contributed by atoms with van der Waals surface area (Å²) in [5.74, 6) is 0.00926. The summed E-state index contributed by atoms with van der Waals surface area (Å²) in [6.45, 7) is 2.57. The molecule has 3 N–H and O–H groups in total. The Kier molecular flexibility index (Phi) is 7.35. The number of aryl methyl sites for hydroxylation is 2. The molecule has 0 saturated carbocycles. The number of nitrogens with zero attached hydrogens (tertiary/aromatic N) is 5. The number of aromatic nitrogens is 4. The normalized spacial score (nSPS) is 14.4. The van der Waals surface area contributed by atoms with Crippen LogP contribution < -0.4 is 16.6 Å². The number of piperidine rings is 1. The molecular weight excluding hydrogens is 514 g/mol. The molecule has 0 radical (unpaired) electrons. The molecule has 1 saturated heterocycles. The number of pyridine rings is 1. The van der Waals surface area contributed by atoms with Gasteiger partial charge in [-0.25, -0.2) is 9.97 Å². The van der Waals surface area contributed by atoms with Gasteiger partial charge in [0.2, 0.25) is 0 Å². The SMILES string of the molecule is CN1CCC(n2cc(-c3ccc(NC(=O)c4cccn(CCc5ccccc5)c4=O)cc3)c3c(N)ncnc32)CC1. The molecule has 0 atom stereocenters. The Morgan fingerprint density at radius 3 is 2.51 bits per heavy atom. The van der Waals surface area contributed by atoms with Crippen LogP contribution in [0.2, 0.25) is 0 Å². The molecule has 41 heavy (non-hydrogen) atoms. The maximum absolute atomic E-state index is 13.1. The third-order valence-corrected chi connectivity index (χ3v) is 7.92. The van der Waals surface area contributed by atoms with Crippen LogP contribution in [-0.2, 0) is 13.0 Å². The van der Waals surface area contributed by atoms with E-state index in [9.17, 15) is 9.59 Å². The zero-order valence-electron chi connectivity index (χ0n) is 23.0. The molecule has 3 aromatic heterocycles. The average Bonchev–Trinajstić information content (AvgIpc) is 3.39. The van der Waals surface area contributed by atoms with Gasteiger partial charge in [-0.05, 0) is 74.8 Å². The van der Waals surface area contributed by atoms with Crippen molar-refractivity contribution in [2.45, 2.75) is 31.8 Å². The van der Waals surface area contributed by atoms with Crippen LogP contribution >= 0.6 is 0 Å². The summed E-state index contributed by atoms with van der Waals surface area (Å²) in [5, 5.41) is 3.71. The maximum atomic E-state index is 13.1. The lowest BCUT2D eigenvalue weighted by molar-refractivity contribution is 0.102. The quantitative estimate of drug-likeness (QED) is 0.308. The lowest BCUT2D eigenvalue weighted by Gasteiger charge is -2.30. The van der Waals surface area contributed by atoms with Crippen molar-refractivity contribution in [1.29, 1.82) is 0 Å². The first-order valence-corrected chi connectivity index (χ1v) is 13.9. The highest BCUT2D eigenvalue weighted by Gasteiger charge is 2.23. The van der Waals surface area contributed by atoms with Gasteiger partial charge in [-0.1, -0.05) is 42.5 Å². The van der Waals surface area contributed by atoms with E-state index in [0.717, 1.165) is 53.7 Å². The fourth-order valence-corrected chi connectivity index (χ4v) is 5.59. The first-order valence-electron chi connectivity index (χ1n) is 13.9. The lowest BCUT2D eigenvalue weighted by atomic mass is 10.1. The lowest BCUT2D eigenvalue weighted by Crippen LogP contribution is -2.31. The van der Waals surface area contributed by atoms with E-state index >= 15 is 0 Å². The number of likely N-dealkylation sites (tertiary alicyclic amines) is 1. The predicted molar refractivity (Wildman–Crippen MR) is 162 cm³/mol. The van der Waals surface area contributed by atoms with E-state index in [1.165, 1.54) is 6.33 Å². The van der Waals surface area contributed by atoms with Gasteiger partial charge in [0.1, 0.15) is 23.4 Å². The number of carbonyl (C=O) groups is 1. The smallest absolute Gasteiger partial charge is 0.263 e. The zero-order chi connectivity index (χ0) is 28.3. The number of hydrogen-bond acceptors (Lipinski definition) is 6. The Hall–Kier alpha value is -4.76. The molecule has 1 aliphatic heterocycles. The summed E-state index contributed by atoms with van der Waals surface area (Å²) >= 11 is 0. The third kappa shape index (κ3) is 5.49. The van der Waals surface area contributed by atoms with E-state index in [0.29, 0.717) is 30.5 Å². The number of benzene rings is 2. The van der Waals surface area contributed by atoms with Crippen LogP contribution in [0.3, 0.4) is 0 Å². The molecule has 0 spiro atoms. The zero-order valence-corrected chi connectivity index (χ0v) is 23.0. The molecule has 1 amide bonds. The van der Waals surface area contributed by atoms with E-state index in [4.69, 9.17) is 5.73 Å². The Bertz CT molecular complexity index is 1730. The summed E-state index contributed by atoms with van der Waals surface area (Å²) < 4.78 is 3.82. The van der Waals surface area contributed by atoms with Crippen molar-refractivity contribution < 1.29 is 4.79 Å². The van der Waals surface area contributed by atoms with Crippen LogP contribution in [0.5, 0.6) is 0 Å². The van der Waals surface area contributed by atoms with Gasteiger partial charge < -0.3 is 25.1 Å². The molecule has 0 bridgehead atoms. The number of rotatable bonds is 7. The first kappa shape index (κ1) is 26.5. The minimum atomic E-state index is -0.437. The first-order chi connectivity index (χ1) is 20.0. The van der Waals surface area contributed by atoms with Gasteiger partial charge in [0.15, 0.2) is 0 Å². The number of nitrogens with one attached hydrogen (secondary N) is 1. The number of nitrogen functional groups attached to an aromatic ring is 1. The number of fused-ring (bicyclic) bond motifs is 1. The van der Waals surface area contributed by atoms with Crippen LogP contribution in [-0.4, -0.2) is 50.0 Å². The van der Waals surface area contributed by atoms with Crippen molar-refractivity contribution in [3.63, 3.8) is 0 Å². The maximum Gasteiger partial charge on any atom is 0.263 e. The highest BCUT2D eigenvalue weighted by Crippen LogP contribution is 2.36. The second-order valence-corrected chi connectivity index (χ2v) is 10.6. The summed E-state index contributed by atoms with van der Waals surface area (Å²) in [4.78, 5) is 37.3. The van der Waals surface area contributed by atoms with Gasteiger partial charge in [0, 0.05) is 36.2 Å². The summed E-state index contributed by atoms with van der Waals surface area (Å²) in [7, 11) is 2.15. The van der Waals surface area contributed by atoms with Gasteiger partial charge in [0.05, 0.1) is 5.39 Å². The van der Waals surface area contributed by atoms with Crippen molar-refractivity contribution in [3.8, 4) is 11.1 Å². The van der Waals surface area contributed by atoms with E-state index in [-0.39, 0.29) is 11.1 Å². The van der Waals surface area contributed by atoms with Gasteiger partial charge in [0.25, 0.3) is 11.5 Å². The monoisotopic (exact) mass is 547 g/mol. The van der Waals surface area contributed by atoms with Crippen LogP contribution in [0.25, 0.3) is 22.2 Å². The number of carbonyl (C=O) groups excluding carboxylic acids is 1. The topological polar surface area (TPSA) is 111 Å².